The molecule has 0 aliphatic rings. The molecular weight excluding hydrogens is 312 g/mol. The van der Waals surface area contributed by atoms with Gasteiger partial charge in [-0.25, -0.2) is 4.79 Å². The molecule has 0 bridgehead atoms. The van der Waals surface area contributed by atoms with E-state index in [9.17, 15) is 9.59 Å². The van der Waals surface area contributed by atoms with Gasteiger partial charge in [-0.15, -0.1) is 0 Å². The molecule has 0 aromatic heterocycles. The fraction of sp³-hybridized carbons (Fsp3) is 0.385. The third-order valence-corrected chi connectivity index (χ3v) is 3.15. The maximum atomic E-state index is 11.7. The van der Waals surface area contributed by atoms with Crippen molar-refractivity contribution in [2.24, 2.45) is 0 Å². The second-order valence-electron chi connectivity index (χ2n) is 4.32. The van der Waals surface area contributed by atoms with E-state index in [4.69, 9.17) is 5.11 Å². The highest BCUT2D eigenvalue weighted by atomic mass is 79.9. The summed E-state index contributed by atoms with van der Waals surface area (Å²) in [5.41, 5.74) is 2.80. The van der Waals surface area contributed by atoms with Gasteiger partial charge in [0.2, 0.25) is 0 Å². The third-order valence-electron chi connectivity index (χ3n) is 2.52. The second-order valence-corrected chi connectivity index (χ2v) is 5.17. The molecule has 0 unspecified atom stereocenters. The lowest BCUT2D eigenvalue weighted by atomic mass is 10.1. The number of rotatable bonds is 5. The normalized spacial score (nSPS) is 10.1. The van der Waals surface area contributed by atoms with Crippen LogP contribution < -0.4 is 10.6 Å². The van der Waals surface area contributed by atoms with Crippen molar-refractivity contribution in [1.82, 2.24) is 5.32 Å². The Morgan fingerprint density at radius 3 is 2.58 bits per heavy atom. The first-order chi connectivity index (χ1) is 8.90. The largest absolute Gasteiger partial charge is 0.481 e. The molecule has 19 heavy (non-hydrogen) atoms. The highest BCUT2D eigenvalue weighted by molar-refractivity contribution is 9.10. The van der Waals surface area contributed by atoms with Crippen LogP contribution in [0.4, 0.5) is 10.5 Å². The molecule has 0 aliphatic heterocycles. The third kappa shape index (κ3) is 5.30. The van der Waals surface area contributed by atoms with Crippen molar-refractivity contribution < 1.29 is 14.7 Å². The van der Waals surface area contributed by atoms with E-state index in [1.165, 1.54) is 0 Å². The van der Waals surface area contributed by atoms with Crippen LogP contribution in [-0.4, -0.2) is 23.7 Å². The minimum absolute atomic E-state index is 0.0491. The standard InChI is InChI=1S/C13H17BrN2O3/c1-8-6-9(2)12(10(14)7-8)16-13(19)15-5-3-4-11(17)18/h6-7H,3-5H2,1-2H3,(H,17,18)(H2,15,16,19). The van der Waals surface area contributed by atoms with Crippen LogP contribution in [0.1, 0.15) is 24.0 Å². The topological polar surface area (TPSA) is 78.4 Å². The maximum Gasteiger partial charge on any atom is 0.319 e. The molecule has 0 spiro atoms. The molecule has 0 fully saturated rings. The van der Waals surface area contributed by atoms with Gasteiger partial charge in [0.1, 0.15) is 0 Å². The summed E-state index contributed by atoms with van der Waals surface area (Å²) in [5, 5.41) is 13.8. The number of amides is 2. The van der Waals surface area contributed by atoms with Crippen molar-refractivity contribution >= 4 is 33.6 Å². The van der Waals surface area contributed by atoms with E-state index in [1.807, 2.05) is 26.0 Å². The number of benzene rings is 1. The maximum absolute atomic E-state index is 11.7. The smallest absolute Gasteiger partial charge is 0.319 e. The molecule has 0 aliphatic carbocycles. The molecule has 5 nitrogen and oxygen atoms in total. The summed E-state index contributed by atoms with van der Waals surface area (Å²) < 4.78 is 0.825. The van der Waals surface area contributed by atoms with Gasteiger partial charge < -0.3 is 15.7 Å². The lowest BCUT2D eigenvalue weighted by Crippen LogP contribution is -2.30. The summed E-state index contributed by atoms with van der Waals surface area (Å²) in [6.45, 7) is 4.23. The lowest BCUT2D eigenvalue weighted by Gasteiger charge is -2.12. The number of hydrogen-bond donors (Lipinski definition) is 3. The van der Waals surface area contributed by atoms with Crippen molar-refractivity contribution in [3.63, 3.8) is 0 Å². The van der Waals surface area contributed by atoms with Crippen molar-refractivity contribution in [3.05, 3.63) is 27.7 Å². The molecule has 0 saturated heterocycles. The molecule has 0 heterocycles. The first-order valence-electron chi connectivity index (χ1n) is 5.93. The Hall–Kier alpha value is -1.56. The Labute approximate surface area is 120 Å². The van der Waals surface area contributed by atoms with Crippen LogP contribution in [0.15, 0.2) is 16.6 Å². The van der Waals surface area contributed by atoms with Crippen LogP contribution in [0.25, 0.3) is 0 Å². The first-order valence-corrected chi connectivity index (χ1v) is 6.73. The molecule has 0 saturated carbocycles. The summed E-state index contributed by atoms with van der Waals surface area (Å²) in [6, 6.07) is 3.57. The van der Waals surface area contributed by atoms with Gasteiger partial charge >= 0.3 is 12.0 Å². The zero-order valence-corrected chi connectivity index (χ0v) is 12.5. The van der Waals surface area contributed by atoms with Gasteiger partial charge in [-0.05, 0) is 53.4 Å². The minimum atomic E-state index is -0.862. The van der Waals surface area contributed by atoms with Crippen LogP contribution in [0.5, 0.6) is 0 Å². The number of halogens is 1. The molecule has 104 valence electrons. The predicted molar refractivity (Wildman–Crippen MR) is 77.5 cm³/mol. The molecule has 0 atom stereocenters. The second kappa shape index (κ2) is 7.13. The monoisotopic (exact) mass is 328 g/mol. The van der Waals surface area contributed by atoms with Gasteiger partial charge in [-0.1, -0.05) is 6.07 Å². The Kier molecular flexibility index (Phi) is 5.82. The van der Waals surface area contributed by atoms with Crippen LogP contribution in [0, 0.1) is 13.8 Å². The summed E-state index contributed by atoms with van der Waals surface area (Å²) in [7, 11) is 0. The summed E-state index contributed by atoms with van der Waals surface area (Å²) in [5.74, 6) is -0.862. The average molecular weight is 329 g/mol. The van der Waals surface area contributed by atoms with Gasteiger partial charge in [-0.3, -0.25) is 4.79 Å². The van der Waals surface area contributed by atoms with Crippen molar-refractivity contribution in [3.8, 4) is 0 Å². The molecule has 1 rings (SSSR count). The Balaban J connectivity index is 2.51. The highest BCUT2D eigenvalue weighted by Crippen LogP contribution is 2.27. The predicted octanol–water partition coefficient (Wildman–Crippen LogP) is 3.05. The van der Waals surface area contributed by atoms with E-state index < -0.39 is 5.97 Å². The summed E-state index contributed by atoms with van der Waals surface area (Å²) in [6.07, 6.45) is 0.463. The van der Waals surface area contributed by atoms with E-state index in [0.29, 0.717) is 13.0 Å². The number of aliphatic carboxylic acids is 1. The number of nitrogens with one attached hydrogen (secondary N) is 2. The molecule has 1 aromatic rings. The van der Waals surface area contributed by atoms with Crippen LogP contribution in [0.2, 0.25) is 0 Å². The van der Waals surface area contributed by atoms with Crippen LogP contribution in [0.3, 0.4) is 0 Å². The number of carboxylic acid groups (broad SMARTS) is 1. The Morgan fingerprint density at radius 1 is 1.32 bits per heavy atom. The van der Waals surface area contributed by atoms with E-state index in [1.54, 1.807) is 0 Å². The van der Waals surface area contributed by atoms with Gasteiger partial charge in [0.05, 0.1) is 5.69 Å². The number of carboxylic acids is 1. The van der Waals surface area contributed by atoms with Gasteiger partial charge in [0.15, 0.2) is 0 Å². The minimum Gasteiger partial charge on any atom is -0.481 e. The van der Waals surface area contributed by atoms with E-state index in [0.717, 1.165) is 21.3 Å². The number of hydrogen-bond acceptors (Lipinski definition) is 2. The van der Waals surface area contributed by atoms with E-state index in [-0.39, 0.29) is 12.5 Å². The summed E-state index contributed by atoms with van der Waals surface area (Å²) in [4.78, 5) is 22.0. The highest BCUT2D eigenvalue weighted by Gasteiger charge is 2.08. The van der Waals surface area contributed by atoms with Crippen molar-refractivity contribution in [2.75, 3.05) is 11.9 Å². The summed E-state index contributed by atoms with van der Waals surface area (Å²) >= 11 is 3.41. The van der Waals surface area contributed by atoms with Crippen LogP contribution in [-0.2, 0) is 4.79 Å². The number of urea groups is 1. The van der Waals surface area contributed by atoms with Crippen molar-refractivity contribution in [2.45, 2.75) is 26.7 Å². The molecular formula is C13H17BrN2O3. The first kappa shape index (κ1) is 15.5. The number of anilines is 1. The lowest BCUT2D eigenvalue weighted by molar-refractivity contribution is -0.137. The molecule has 0 radical (unpaired) electrons. The fourth-order valence-electron chi connectivity index (χ4n) is 1.67. The molecule has 2 amide bonds. The molecule has 1 aromatic carbocycles. The number of carbonyl (C=O) groups excluding carboxylic acids is 1. The Morgan fingerprint density at radius 2 is 2.00 bits per heavy atom. The van der Waals surface area contributed by atoms with E-state index in [2.05, 4.69) is 26.6 Å². The number of aryl methyl sites for hydroxylation is 2. The zero-order valence-electron chi connectivity index (χ0n) is 10.9. The van der Waals surface area contributed by atoms with Crippen molar-refractivity contribution in [1.29, 1.82) is 0 Å². The molecule has 6 heteroatoms. The van der Waals surface area contributed by atoms with E-state index >= 15 is 0 Å². The van der Waals surface area contributed by atoms with Crippen LogP contribution >= 0.6 is 15.9 Å². The number of carbonyl (C=O) groups is 2. The average Bonchev–Trinajstić information content (AvgIpc) is 2.29. The molecule has 3 N–H and O–H groups in total. The van der Waals surface area contributed by atoms with Gasteiger partial charge in [0, 0.05) is 17.4 Å². The Bertz CT molecular complexity index is 466. The SMILES string of the molecule is Cc1cc(C)c(NC(=O)NCCCC(=O)O)c(Br)c1. The fourth-order valence-corrected chi connectivity index (χ4v) is 2.45. The zero-order chi connectivity index (χ0) is 14.4. The van der Waals surface area contributed by atoms with Gasteiger partial charge in [-0.2, -0.15) is 0 Å². The van der Waals surface area contributed by atoms with Gasteiger partial charge in [0.25, 0.3) is 0 Å². The quantitative estimate of drug-likeness (QED) is 0.727.